The largest absolute Gasteiger partial charge is 0.481 e. The first-order valence-corrected chi connectivity index (χ1v) is 6.67. The number of hydrogen-bond acceptors (Lipinski definition) is 5. The third kappa shape index (κ3) is 2.96. The Balaban J connectivity index is 2.08. The first-order chi connectivity index (χ1) is 10.5. The van der Waals surface area contributed by atoms with E-state index in [0.717, 1.165) is 0 Å². The number of carboxylic acids is 1. The Morgan fingerprint density at radius 1 is 1.18 bits per heavy atom. The van der Waals surface area contributed by atoms with E-state index in [9.17, 15) is 19.2 Å². The lowest BCUT2D eigenvalue weighted by molar-refractivity contribution is -0.137. The van der Waals surface area contributed by atoms with Crippen LogP contribution in [0, 0.1) is 0 Å². The Labute approximate surface area is 125 Å². The first kappa shape index (κ1) is 15.6. The molecule has 0 saturated heterocycles. The molecule has 1 aromatic carbocycles. The van der Waals surface area contributed by atoms with Crippen LogP contribution in [0.4, 0.5) is 0 Å². The van der Waals surface area contributed by atoms with E-state index in [1.807, 2.05) is 0 Å². The van der Waals surface area contributed by atoms with Gasteiger partial charge in [-0.1, -0.05) is 12.1 Å². The van der Waals surface area contributed by atoms with Crippen molar-refractivity contribution in [3.05, 3.63) is 34.9 Å². The molecule has 1 aliphatic rings. The molecule has 8 nitrogen and oxygen atoms in total. The second kappa shape index (κ2) is 6.35. The lowest BCUT2D eigenvalue weighted by Crippen LogP contribution is -2.45. The molecule has 0 aromatic heterocycles. The van der Waals surface area contributed by atoms with Gasteiger partial charge in [0.2, 0.25) is 5.91 Å². The number of hydrogen-bond donors (Lipinski definition) is 3. The summed E-state index contributed by atoms with van der Waals surface area (Å²) in [5, 5.41) is 9.15. The number of amides is 3. The van der Waals surface area contributed by atoms with Gasteiger partial charge in [0.15, 0.2) is 0 Å². The number of nitrogens with one attached hydrogen (secondary N) is 1. The molecule has 0 atom stereocenters. The number of hydrazine groups is 1. The third-order valence-electron chi connectivity index (χ3n) is 3.25. The van der Waals surface area contributed by atoms with Crippen molar-refractivity contribution in [2.75, 3.05) is 0 Å². The van der Waals surface area contributed by atoms with Crippen molar-refractivity contribution < 1.29 is 24.3 Å². The Morgan fingerprint density at radius 2 is 1.91 bits per heavy atom. The summed E-state index contributed by atoms with van der Waals surface area (Å²) >= 11 is 0. The maximum absolute atomic E-state index is 12.2. The number of fused-ring (bicyclic) bond motifs is 1. The average Bonchev–Trinajstić information content (AvgIpc) is 2.72. The molecule has 0 aliphatic carbocycles. The van der Waals surface area contributed by atoms with E-state index >= 15 is 0 Å². The van der Waals surface area contributed by atoms with Crippen LogP contribution >= 0.6 is 0 Å². The van der Waals surface area contributed by atoms with Gasteiger partial charge in [-0.15, -0.1) is 0 Å². The fourth-order valence-electron chi connectivity index (χ4n) is 2.21. The van der Waals surface area contributed by atoms with E-state index in [-0.39, 0.29) is 36.9 Å². The number of benzene rings is 1. The molecule has 0 bridgehead atoms. The highest BCUT2D eigenvalue weighted by molar-refractivity contribution is 6.22. The van der Waals surface area contributed by atoms with Crippen LogP contribution in [0.5, 0.6) is 0 Å². The molecule has 0 saturated carbocycles. The maximum atomic E-state index is 12.2. The molecule has 2 rings (SSSR count). The number of carbonyl (C=O) groups excluding carboxylic acids is 3. The van der Waals surface area contributed by atoms with Gasteiger partial charge in [0, 0.05) is 19.4 Å². The molecule has 0 unspecified atom stereocenters. The summed E-state index contributed by atoms with van der Waals surface area (Å²) in [6, 6.07) is 4.75. The molecule has 1 aromatic rings. The Bertz CT molecular complexity index is 656. The van der Waals surface area contributed by atoms with Gasteiger partial charge in [-0.25, -0.2) is 0 Å². The van der Waals surface area contributed by atoms with Gasteiger partial charge in [-0.3, -0.25) is 24.6 Å². The summed E-state index contributed by atoms with van der Waals surface area (Å²) in [4.78, 5) is 46.5. The van der Waals surface area contributed by atoms with Crippen molar-refractivity contribution in [3.63, 3.8) is 0 Å². The highest BCUT2D eigenvalue weighted by Crippen LogP contribution is 2.24. The van der Waals surface area contributed by atoms with Crippen molar-refractivity contribution in [1.82, 2.24) is 10.4 Å². The van der Waals surface area contributed by atoms with Gasteiger partial charge in [-0.05, 0) is 18.1 Å². The van der Waals surface area contributed by atoms with Crippen molar-refractivity contribution >= 4 is 23.7 Å². The summed E-state index contributed by atoms with van der Waals surface area (Å²) in [5.74, 6) is -2.86. The van der Waals surface area contributed by atoms with Gasteiger partial charge in [0.1, 0.15) is 0 Å². The van der Waals surface area contributed by atoms with Gasteiger partial charge in [0.25, 0.3) is 11.8 Å². The highest BCUT2D eigenvalue weighted by atomic mass is 16.4. The second-order valence-corrected chi connectivity index (χ2v) is 4.77. The Hall–Kier alpha value is -2.74. The van der Waals surface area contributed by atoms with E-state index in [1.54, 1.807) is 12.1 Å². The van der Waals surface area contributed by atoms with E-state index < -0.39 is 23.7 Å². The van der Waals surface area contributed by atoms with Crippen LogP contribution in [0.1, 0.15) is 45.5 Å². The average molecular weight is 305 g/mol. The van der Waals surface area contributed by atoms with Crippen LogP contribution in [-0.2, 0) is 16.1 Å². The highest BCUT2D eigenvalue weighted by Gasteiger charge is 2.38. The third-order valence-corrected chi connectivity index (χ3v) is 3.25. The van der Waals surface area contributed by atoms with Crippen molar-refractivity contribution in [2.24, 2.45) is 5.73 Å². The Morgan fingerprint density at radius 3 is 2.55 bits per heavy atom. The molecule has 4 N–H and O–H groups in total. The quantitative estimate of drug-likeness (QED) is 0.636. The van der Waals surface area contributed by atoms with Gasteiger partial charge >= 0.3 is 5.97 Å². The molecule has 0 spiro atoms. The molecule has 8 heteroatoms. The van der Waals surface area contributed by atoms with Crippen LogP contribution in [0.25, 0.3) is 0 Å². The molecule has 1 heterocycles. The van der Waals surface area contributed by atoms with Gasteiger partial charge in [0.05, 0.1) is 11.1 Å². The normalized spacial score (nSPS) is 13.2. The molecule has 22 heavy (non-hydrogen) atoms. The smallest absolute Gasteiger partial charge is 0.303 e. The van der Waals surface area contributed by atoms with Gasteiger partial charge < -0.3 is 10.8 Å². The van der Waals surface area contributed by atoms with Crippen molar-refractivity contribution in [3.8, 4) is 0 Å². The monoisotopic (exact) mass is 305 g/mol. The number of rotatable bonds is 6. The van der Waals surface area contributed by atoms with Crippen molar-refractivity contribution in [1.29, 1.82) is 0 Å². The summed E-state index contributed by atoms with van der Waals surface area (Å²) in [5.41, 5.74) is 8.67. The SMILES string of the molecule is NCc1cccc2c1C(=O)N(NC(=O)CCCC(=O)O)C2=O. The topological polar surface area (TPSA) is 130 Å². The lowest BCUT2D eigenvalue weighted by Gasteiger charge is -2.14. The Kier molecular flexibility index (Phi) is 4.52. The van der Waals surface area contributed by atoms with E-state index in [1.165, 1.54) is 6.07 Å². The minimum Gasteiger partial charge on any atom is -0.481 e. The van der Waals surface area contributed by atoms with Crippen LogP contribution in [0.3, 0.4) is 0 Å². The lowest BCUT2D eigenvalue weighted by atomic mass is 10.0. The molecule has 0 fully saturated rings. The molecule has 1 aliphatic heterocycles. The number of carboxylic acid groups (broad SMARTS) is 1. The van der Waals surface area contributed by atoms with Crippen LogP contribution in [0.15, 0.2) is 18.2 Å². The molecular weight excluding hydrogens is 290 g/mol. The zero-order valence-electron chi connectivity index (χ0n) is 11.7. The molecule has 116 valence electrons. The summed E-state index contributed by atoms with van der Waals surface area (Å²) in [7, 11) is 0. The van der Waals surface area contributed by atoms with Crippen LogP contribution in [-0.4, -0.2) is 33.8 Å². The van der Waals surface area contributed by atoms with E-state index in [4.69, 9.17) is 10.8 Å². The zero-order valence-corrected chi connectivity index (χ0v) is 11.7. The number of carbonyl (C=O) groups is 4. The minimum absolute atomic E-state index is 0.0938. The molecular formula is C14H15N3O5. The van der Waals surface area contributed by atoms with Gasteiger partial charge in [-0.2, -0.15) is 5.01 Å². The molecule has 0 radical (unpaired) electrons. The van der Waals surface area contributed by atoms with E-state index in [2.05, 4.69) is 5.43 Å². The van der Waals surface area contributed by atoms with Crippen molar-refractivity contribution in [2.45, 2.75) is 25.8 Å². The standard InChI is InChI=1S/C14H15N3O5/c15-7-8-3-1-4-9-12(8)14(22)17(13(9)21)16-10(18)5-2-6-11(19)20/h1,3-4H,2,5-7,15H2,(H,16,18)(H,19,20). The van der Waals surface area contributed by atoms with Crippen LogP contribution < -0.4 is 11.2 Å². The number of imide groups is 1. The predicted molar refractivity (Wildman–Crippen MR) is 74.5 cm³/mol. The number of nitrogens with two attached hydrogens (primary N) is 1. The first-order valence-electron chi connectivity index (χ1n) is 6.67. The predicted octanol–water partition coefficient (Wildman–Crippen LogP) is 0.0274. The van der Waals surface area contributed by atoms with Crippen LogP contribution in [0.2, 0.25) is 0 Å². The number of nitrogens with zero attached hydrogens (tertiary/aromatic N) is 1. The summed E-state index contributed by atoms with van der Waals surface area (Å²) in [6.45, 7) is 0.0998. The summed E-state index contributed by atoms with van der Waals surface area (Å²) in [6.07, 6.45) is -0.130. The zero-order chi connectivity index (χ0) is 16.3. The fraction of sp³-hybridized carbons (Fsp3) is 0.286. The van der Waals surface area contributed by atoms with E-state index in [0.29, 0.717) is 10.6 Å². The fourth-order valence-corrected chi connectivity index (χ4v) is 2.21. The number of aliphatic carboxylic acids is 1. The maximum Gasteiger partial charge on any atom is 0.303 e. The second-order valence-electron chi connectivity index (χ2n) is 4.77. The minimum atomic E-state index is -1.01. The summed E-state index contributed by atoms with van der Waals surface area (Å²) < 4.78 is 0. The molecule has 3 amide bonds.